The van der Waals surface area contributed by atoms with Crippen LogP contribution in [0.5, 0.6) is 5.75 Å². The molecule has 4 nitrogen and oxygen atoms in total. The summed E-state index contributed by atoms with van der Waals surface area (Å²) in [7, 11) is 3.06. The van der Waals surface area contributed by atoms with Gasteiger partial charge in [-0.25, -0.2) is 0 Å². The third-order valence-electron chi connectivity index (χ3n) is 3.45. The van der Waals surface area contributed by atoms with E-state index in [4.69, 9.17) is 15.2 Å². The van der Waals surface area contributed by atoms with Crippen molar-refractivity contribution in [3.63, 3.8) is 0 Å². The van der Waals surface area contributed by atoms with Crippen molar-refractivity contribution in [2.45, 2.75) is 24.2 Å². The molecule has 1 saturated carbocycles. The molecule has 1 aliphatic rings. The van der Waals surface area contributed by atoms with Gasteiger partial charge in [-0.15, -0.1) is 11.8 Å². The van der Waals surface area contributed by atoms with Gasteiger partial charge in [0.05, 0.1) is 20.6 Å². The summed E-state index contributed by atoms with van der Waals surface area (Å²) < 4.78 is 9.87. The zero-order chi connectivity index (χ0) is 13.9. The molecule has 1 aromatic carbocycles. The van der Waals surface area contributed by atoms with Gasteiger partial charge < -0.3 is 15.2 Å². The van der Waals surface area contributed by atoms with Crippen molar-refractivity contribution in [3.8, 4) is 5.75 Å². The Morgan fingerprint density at radius 3 is 2.68 bits per heavy atom. The molecule has 0 saturated heterocycles. The van der Waals surface area contributed by atoms with Gasteiger partial charge in [0, 0.05) is 22.4 Å². The SMILES string of the molecule is COC(=O)CC1(CSc2ccc(OC)cc2N)CC1. The maximum atomic E-state index is 11.4. The molecule has 1 fully saturated rings. The average Bonchev–Trinajstić information content (AvgIpc) is 3.17. The van der Waals surface area contributed by atoms with E-state index in [0.29, 0.717) is 6.42 Å². The highest BCUT2D eigenvalue weighted by atomic mass is 32.2. The molecular weight excluding hydrogens is 262 g/mol. The van der Waals surface area contributed by atoms with Crippen molar-refractivity contribution in [3.05, 3.63) is 18.2 Å². The van der Waals surface area contributed by atoms with Crippen LogP contribution in [0.3, 0.4) is 0 Å². The summed E-state index contributed by atoms with van der Waals surface area (Å²) in [4.78, 5) is 12.4. The largest absolute Gasteiger partial charge is 0.497 e. The van der Waals surface area contributed by atoms with E-state index in [1.807, 2.05) is 18.2 Å². The molecular formula is C14H19NO3S. The maximum absolute atomic E-state index is 11.4. The topological polar surface area (TPSA) is 61.5 Å². The summed E-state index contributed by atoms with van der Waals surface area (Å²) >= 11 is 1.70. The third-order valence-corrected chi connectivity index (χ3v) is 4.89. The predicted octanol–water partition coefficient (Wildman–Crippen LogP) is 2.71. The minimum Gasteiger partial charge on any atom is -0.497 e. The number of hydrogen-bond acceptors (Lipinski definition) is 5. The molecule has 2 rings (SSSR count). The van der Waals surface area contributed by atoms with E-state index in [1.165, 1.54) is 7.11 Å². The first-order valence-corrected chi connectivity index (χ1v) is 7.20. The van der Waals surface area contributed by atoms with Crippen molar-refractivity contribution in [1.29, 1.82) is 0 Å². The number of nitrogen functional groups attached to an aromatic ring is 1. The van der Waals surface area contributed by atoms with Gasteiger partial charge in [0.25, 0.3) is 0 Å². The van der Waals surface area contributed by atoms with Gasteiger partial charge in [0.15, 0.2) is 0 Å². The van der Waals surface area contributed by atoms with E-state index in [1.54, 1.807) is 18.9 Å². The fourth-order valence-electron chi connectivity index (χ4n) is 1.94. The van der Waals surface area contributed by atoms with Crippen molar-refractivity contribution >= 4 is 23.4 Å². The summed E-state index contributed by atoms with van der Waals surface area (Å²) in [6.45, 7) is 0. The molecule has 0 aromatic heterocycles. The summed E-state index contributed by atoms with van der Waals surface area (Å²) in [6.07, 6.45) is 2.68. The summed E-state index contributed by atoms with van der Waals surface area (Å²) in [5.41, 5.74) is 6.82. The van der Waals surface area contributed by atoms with Crippen LogP contribution in [0.4, 0.5) is 5.69 Å². The van der Waals surface area contributed by atoms with Crippen LogP contribution in [0.1, 0.15) is 19.3 Å². The van der Waals surface area contributed by atoms with Crippen LogP contribution >= 0.6 is 11.8 Å². The Kier molecular flexibility index (Phi) is 4.24. The second-order valence-electron chi connectivity index (χ2n) is 4.95. The number of methoxy groups -OCH3 is 2. The molecule has 0 amide bonds. The first-order chi connectivity index (χ1) is 9.08. The number of carbonyl (C=O) groups excluding carboxylic acids is 1. The lowest BCUT2D eigenvalue weighted by Gasteiger charge is -2.14. The fraction of sp³-hybridized carbons (Fsp3) is 0.500. The minimum absolute atomic E-state index is 0.115. The molecule has 5 heteroatoms. The second-order valence-corrected chi connectivity index (χ2v) is 5.96. The van der Waals surface area contributed by atoms with E-state index < -0.39 is 0 Å². The zero-order valence-corrected chi connectivity index (χ0v) is 12.1. The predicted molar refractivity (Wildman–Crippen MR) is 76.4 cm³/mol. The number of rotatable bonds is 6. The van der Waals surface area contributed by atoms with Crippen molar-refractivity contribution in [2.75, 3.05) is 25.7 Å². The number of benzene rings is 1. The van der Waals surface area contributed by atoms with Crippen LogP contribution < -0.4 is 10.5 Å². The van der Waals surface area contributed by atoms with Crippen LogP contribution in [0.15, 0.2) is 23.1 Å². The van der Waals surface area contributed by atoms with E-state index in [0.717, 1.165) is 34.9 Å². The Morgan fingerprint density at radius 2 is 2.16 bits per heavy atom. The van der Waals surface area contributed by atoms with Crippen molar-refractivity contribution < 1.29 is 14.3 Å². The lowest BCUT2D eigenvalue weighted by molar-refractivity contribution is -0.141. The normalized spacial score (nSPS) is 15.9. The van der Waals surface area contributed by atoms with E-state index in [9.17, 15) is 4.79 Å². The van der Waals surface area contributed by atoms with Gasteiger partial charge >= 0.3 is 5.97 Å². The van der Waals surface area contributed by atoms with Crippen LogP contribution in [-0.4, -0.2) is 25.9 Å². The molecule has 0 spiro atoms. The summed E-state index contributed by atoms with van der Waals surface area (Å²) in [5.74, 6) is 1.54. The quantitative estimate of drug-likeness (QED) is 0.493. The standard InChI is InChI=1S/C14H19NO3S/c1-17-10-3-4-12(11(15)7-10)19-9-14(5-6-14)8-13(16)18-2/h3-4,7H,5-6,8-9,15H2,1-2H3. The van der Waals surface area contributed by atoms with E-state index in [-0.39, 0.29) is 11.4 Å². The van der Waals surface area contributed by atoms with E-state index >= 15 is 0 Å². The Balaban J connectivity index is 1.94. The van der Waals surface area contributed by atoms with Gasteiger partial charge in [-0.3, -0.25) is 4.79 Å². The number of nitrogens with two attached hydrogens (primary N) is 1. The molecule has 0 radical (unpaired) electrons. The second kappa shape index (κ2) is 5.74. The van der Waals surface area contributed by atoms with Crippen LogP contribution in [0.25, 0.3) is 0 Å². The molecule has 0 unspecified atom stereocenters. The molecule has 0 aliphatic heterocycles. The smallest absolute Gasteiger partial charge is 0.306 e. The lowest BCUT2D eigenvalue weighted by Crippen LogP contribution is -2.13. The molecule has 0 heterocycles. The fourth-order valence-corrected chi connectivity index (χ4v) is 3.19. The first kappa shape index (κ1) is 14.1. The number of esters is 1. The Labute approximate surface area is 117 Å². The minimum atomic E-state index is -0.124. The van der Waals surface area contributed by atoms with Gasteiger partial charge in [-0.2, -0.15) is 0 Å². The average molecular weight is 281 g/mol. The maximum Gasteiger partial charge on any atom is 0.306 e. The molecule has 1 aliphatic carbocycles. The lowest BCUT2D eigenvalue weighted by atomic mass is 10.1. The van der Waals surface area contributed by atoms with Crippen LogP contribution in [0.2, 0.25) is 0 Å². The Morgan fingerprint density at radius 1 is 1.42 bits per heavy atom. The molecule has 0 bridgehead atoms. The third kappa shape index (κ3) is 3.56. The number of hydrogen-bond donors (Lipinski definition) is 1. The summed E-state index contributed by atoms with van der Waals surface area (Å²) in [5, 5.41) is 0. The van der Waals surface area contributed by atoms with Gasteiger partial charge in [-0.05, 0) is 30.4 Å². The molecule has 1 aromatic rings. The Bertz CT molecular complexity index is 472. The van der Waals surface area contributed by atoms with Gasteiger partial charge in [0.1, 0.15) is 5.75 Å². The number of thioether (sulfide) groups is 1. The molecule has 104 valence electrons. The highest BCUT2D eigenvalue weighted by Crippen LogP contribution is 2.52. The Hall–Kier alpha value is -1.36. The highest BCUT2D eigenvalue weighted by Gasteiger charge is 2.44. The number of anilines is 1. The van der Waals surface area contributed by atoms with Crippen LogP contribution in [0, 0.1) is 5.41 Å². The van der Waals surface area contributed by atoms with Crippen molar-refractivity contribution in [2.24, 2.45) is 5.41 Å². The molecule has 0 atom stereocenters. The number of ether oxygens (including phenoxy) is 2. The van der Waals surface area contributed by atoms with Gasteiger partial charge in [-0.1, -0.05) is 0 Å². The summed E-state index contributed by atoms with van der Waals surface area (Å²) in [6, 6.07) is 5.69. The monoisotopic (exact) mass is 281 g/mol. The van der Waals surface area contributed by atoms with Crippen LogP contribution in [-0.2, 0) is 9.53 Å². The first-order valence-electron chi connectivity index (χ1n) is 6.22. The zero-order valence-electron chi connectivity index (χ0n) is 11.3. The highest BCUT2D eigenvalue weighted by molar-refractivity contribution is 7.99. The van der Waals surface area contributed by atoms with E-state index in [2.05, 4.69) is 0 Å². The number of carbonyl (C=O) groups is 1. The molecule has 2 N–H and O–H groups in total. The van der Waals surface area contributed by atoms with Gasteiger partial charge in [0.2, 0.25) is 0 Å². The molecule has 19 heavy (non-hydrogen) atoms. The van der Waals surface area contributed by atoms with Crippen molar-refractivity contribution in [1.82, 2.24) is 0 Å².